The van der Waals surface area contributed by atoms with Gasteiger partial charge >= 0.3 is 0 Å². The zero-order valence-electron chi connectivity index (χ0n) is 13.2. The lowest BCUT2D eigenvalue weighted by Crippen LogP contribution is -2.33. The largest absolute Gasteiger partial charge is 0.245 e. The fraction of sp³-hybridized carbons (Fsp3) is 0.294. The van der Waals surface area contributed by atoms with Gasteiger partial charge in [0.2, 0.25) is 10.0 Å². The molecule has 0 aliphatic heterocycles. The van der Waals surface area contributed by atoms with Crippen molar-refractivity contribution in [3.63, 3.8) is 0 Å². The lowest BCUT2D eigenvalue weighted by atomic mass is 9.88. The highest BCUT2D eigenvalue weighted by Crippen LogP contribution is 2.37. The summed E-state index contributed by atoms with van der Waals surface area (Å²) in [6.45, 7) is 0. The van der Waals surface area contributed by atoms with Crippen LogP contribution in [0.15, 0.2) is 47.4 Å². The Labute approximate surface area is 145 Å². The molecule has 0 amide bonds. The van der Waals surface area contributed by atoms with Gasteiger partial charge in [0, 0.05) is 13.1 Å². The second-order valence-corrected chi connectivity index (χ2v) is 8.51. The van der Waals surface area contributed by atoms with Crippen molar-refractivity contribution in [1.29, 1.82) is 0 Å². The van der Waals surface area contributed by atoms with Crippen molar-refractivity contribution >= 4 is 32.8 Å². The van der Waals surface area contributed by atoms with Crippen LogP contribution in [-0.2, 0) is 16.4 Å². The molecule has 1 aliphatic rings. The molecule has 7 heteroatoms. The summed E-state index contributed by atoms with van der Waals surface area (Å²) in [5, 5.41) is 0. The third-order valence-corrected chi connectivity index (χ3v) is 7.12. The van der Waals surface area contributed by atoms with Crippen LogP contribution in [0.5, 0.6) is 0 Å². The van der Waals surface area contributed by atoms with Crippen molar-refractivity contribution in [2.24, 2.45) is 0 Å². The maximum atomic E-state index is 13.2. The standard InChI is InChI=1S/C17H17N3O2S2/c1-20(15-10-4-7-12-6-2-3-8-13(12)15)24(21,22)16-11-5-9-14-17(16)19-23-18-14/h2-3,5-6,8-9,11,15H,4,7,10H2,1H3. The minimum Gasteiger partial charge on any atom is -0.207 e. The highest BCUT2D eigenvalue weighted by molar-refractivity contribution is 7.89. The average Bonchev–Trinajstić information content (AvgIpc) is 3.09. The molecule has 0 spiro atoms. The Morgan fingerprint density at radius 3 is 2.83 bits per heavy atom. The fourth-order valence-electron chi connectivity index (χ4n) is 3.42. The molecule has 0 N–H and O–H groups in total. The van der Waals surface area contributed by atoms with Crippen LogP contribution in [0.2, 0.25) is 0 Å². The van der Waals surface area contributed by atoms with Gasteiger partial charge in [-0.1, -0.05) is 30.3 Å². The lowest BCUT2D eigenvalue weighted by molar-refractivity contribution is 0.337. The molecular formula is C17H17N3O2S2. The van der Waals surface area contributed by atoms with Gasteiger partial charge < -0.3 is 0 Å². The summed E-state index contributed by atoms with van der Waals surface area (Å²) in [6, 6.07) is 13.1. The predicted octanol–water partition coefficient (Wildman–Crippen LogP) is 3.39. The summed E-state index contributed by atoms with van der Waals surface area (Å²) in [7, 11) is -1.97. The Balaban J connectivity index is 1.80. The van der Waals surface area contributed by atoms with Crippen LogP contribution in [-0.4, -0.2) is 28.5 Å². The SMILES string of the molecule is CN(C1CCCc2ccccc21)S(=O)(=O)c1cccc2nsnc12. The van der Waals surface area contributed by atoms with Crippen molar-refractivity contribution in [1.82, 2.24) is 13.1 Å². The Morgan fingerprint density at radius 2 is 1.96 bits per heavy atom. The first kappa shape index (κ1) is 15.7. The quantitative estimate of drug-likeness (QED) is 0.719. The van der Waals surface area contributed by atoms with E-state index >= 15 is 0 Å². The summed E-state index contributed by atoms with van der Waals surface area (Å²) < 4.78 is 36.3. The molecule has 1 aliphatic carbocycles. The molecule has 4 rings (SSSR count). The van der Waals surface area contributed by atoms with Crippen LogP contribution in [0.25, 0.3) is 11.0 Å². The van der Waals surface area contributed by atoms with Crippen LogP contribution >= 0.6 is 11.7 Å². The summed E-state index contributed by atoms with van der Waals surface area (Å²) in [4.78, 5) is 0.235. The molecule has 3 aromatic rings. The molecule has 24 heavy (non-hydrogen) atoms. The topological polar surface area (TPSA) is 63.2 Å². The number of rotatable bonds is 3. The number of fused-ring (bicyclic) bond motifs is 2. The van der Waals surface area contributed by atoms with E-state index in [9.17, 15) is 8.42 Å². The maximum Gasteiger partial charge on any atom is 0.245 e. The van der Waals surface area contributed by atoms with Crippen LogP contribution in [0.1, 0.15) is 30.0 Å². The first-order valence-electron chi connectivity index (χ1n) is 7.86. The monoisotopic (exact) mass is 359 g/mol. The van der Waals surface area contributed by atoms with E-state index in [4.69, 9.17) is 0 Å². The van der Waals surface area contributed by atoms with Gasteiger partial charge in [-0.15, -0.1) is 0 Å². The van der Waals surface area contributed by atoms with Gasteiger partial charge in [-0.3, -0.25) is 0 Å². The van der Waals surface area contributed by atoms with Crippen LogP contribution in [0, 0.1) is 0 Å². The first-order valence-corrected chi connectivity index (χ1v) is 10.0. The van der Waals surface area contributed by atoms with Gasteiger partial charge in [-0.25, -0.2) is 8.42 Å². The maximum absolute atomic E-state index is 13.2. The summed E-state index contributed by atoms with van der Waals surface area (Å²) >= 11 is 1.04. The van der Waals surface area contributed by atoms with E-state index in [-0.39, 0.29) is 10.9 Å². The van der Waals surface area contributed by atoms with Gasteiger partial charge in [0.1, 0.15) is 15.9 Å². The van der Waals surface area contributed by atoms with Gasteiger partial charge in [0.25, 0.3) is 0 Å². The Hall–Kier alpha value is -1.83. The molecule has 0 radical (unpaired) electrons. The Morgan fingerprint density at radius 1 is 1.12 bits per heavy atom. The minimum atomic E-state index is -3.64. The normalized spacial score (nSPS) is 18.0. The highest BCUT2D eigenvalue weighted by atomic mass is 32.2. The van der Waals surface area contributed by atoms with Gasteiger partial charge in [-0.2, -0.15) is 13.1 Å². The first-order chi connectivity index (χ1) is 11.6. The lowest BCUT2D eigenvalue weighted by Gasteiger charge is -2.32. The van der Waals surface area contributed by atoms with Crippen molar-refractivity contribution in [2.75, 3.05) is 7.05 Å². The molecule has 0 saturated carbocycles. The molecule has 0 fully saturated rings. The van der Waals surface area contributed by atoms with E-state index in [0.29, 0.717) is 11.0 Å². The smallest absolute Gasteiger partial charge is 0.207 e. The Kier molecular flexibility index (Phi) is 3.86. The van der Waals surface area contributed by atoms with Gasteiger partial charge in [0.15, 0.2) is 0 Å². The van der Waals surface area contributed by atoms with E-state index in [1.807, 2.05) is 18.2 Å². The average molecular weight is 359 g/mol. The van der Waals surface area contributed by atoms with Crippen LogP contribution in [0.4, 0.5) is 0 Å². The van der Waals surface area contributed by atoms with Crippen LogP contribution in [0.3, 0.4) is 0 Å². The predicted molar refractivity (Wildman–Crippen MR) is 94.5 cm³/mol. The van der Waals surface area contributed by atoms with E-state index in [1.165, 1.54) is 9.87 Å². The molecule has 5 nitrogen and oxygen atoms in total. The highest BCUT2D eigenvalue weighted by Gasteiger charge is 2.33. The second kappa shape index (κ2) is 5.91. The van der Waals surface area contributed by atoms with Crippen molar-refractivity contribution in [2.45, 2.75) is 30.2 Å². The van der Waals surface area contributed by atoms with Gasteiger partial charge in [-0.05, 0) is 42.5 Å². The molecule has 0 bridgehead atoms. The summed E-state index contributed by atoms with van der Waals surface area (Å²) in [6.07, 6.45) is 2.83. The number of benzene rings is 2. The number of sulfonamides is 1. The minimum absolute atomic E-state index is 0.137. The van der Waals surface area contributed by atoms with E-state index in [0.717, 1.165) is 36.6 Å². The van der Waals surface area contributed by atoms with E-state index in [2.05, 4.69) is 14.8 Å². The molecule has 124 valence electrons. The number of hydrogen-bond donors (Lipinski definition) is 0. The third-order valence-electron chi connectivity index (χ3n) is 4.68. The number of hydrogen-bond acceptors (Lipinski definition) is 5. The zero-order valence-corrected chi connectivity index (χ0v) is 14.8. The van der Waals surface area contributed by atoms with Gasteiger partial charge in [0.05, 0.1) is 11.7 Å². The summed E-state index contributed by atoms with van der Waals surface area (Å²) in [5.74, 6) is 0. The third kappa shape index (κ3) is 2.44. The fourth-order valence-corrected chi connectivity index (χ4v) is 5.53. The van der Waals surface area contributed by atoms with Crippen molar-refractivity contribution in [3.05, 3.63) is 53.6 Å². The number of nitrogens with zero attached hydrogens (tertiary/aromatic N) is 3. The van der Waals surface area contributed by atoms with E-state index in [1.54, 1.807) is 25.2 Å². The van der Waals surface area contributed by atoms with Crippen LogP contribution < -0.4 is 0 Å². The molecule has 1 atom stereocenters. The molecule has 1 unspecified atom stereocenters. The molecular weight excluding hydrogens is 342 g/mol. The Bertz CT molecular complexity index is 998. The molecule has 1 heterocycles. The van der Waals surface area contributed by atoms with Crippen molar-refractivity contribution < 1.29 is 8.42 Å². The zero-order chi connectivity index (χ0) is 16.7. The molecule has 1 aromatic heterocycles. The molecule has 2 aromatic carbocycles. The summed E-state index contributed by atoms with van der Waals surface area (Å²) in [5.41, 5.74) is 3.43. The van der Waals surface area contributed by atoms with E-state index < -0.39 is 10.0 Å². The van der Waals surface area contributed by atoms with Crippen molar-refractivity contribution in [3.8, 4) is 0 Å². The second-order valence-electron chi connectivity index (χ2n) is 6.02. The number of aryl methyl sites for hydroxylation is 1. The number of aromatic nitrogens is 2. The molecule has 0 saturated heterocycles.